The summed E-state index contributed by atoms with van der Waals surface area (Å²) in [6.45, 7) is 0.645. The molecule has 0 radical (unpaired) electrons. The minimum absolute atomic E-state index is 0.474. The van der Waals surface area contributed by atoms with Crippen LogP contribution in [0.25, 0.3) is 0 Å². The van der Waals surface area contributed by atoms with Crippen LogP contribution in [0, 0.1) is 0 Å². The Kier molecular flexibility index (Phi) is 4.60. The summed E-state index contributed by atoms with van der Waals surface area (Å²) in [5.41, 5.74) is 7.94. The van der Waals surface area contributed by atoms with Crippen molar-refractivity contribution < 1.29 is 4.74 Å². The molecule has 0 aromatic heterocycles. The molecular formula is C16H19N3O. The van der Waals surface area contributed by atoms with Crippen LogP contribution in [-0.4, -0.2) is 25.0 Å². The molecule has 0 unspecified atom stereocenters. The Labute approximate surface area is 119 Å². The molecule has 0 aliphatic carbocycles. The smallest absolute Gasteiger partial charge is 0.196 e. The molecule has 0 amide bonds. The maximum atomic E-state index is 6.02. The highest BCUT2D eigenvalue weighted by Crippen LogP contribution is 2.19. The summed E-state index contributed by atoms with van der Waals surface area (Å²) in [5.74, 6) is 1.33. The topological polar surface area (TPSA) is 50.9 Å². The Morgan fingerprint density at radius 1 is 1.10 bits per heavy atom. The fraction of sp³-hybridized carbons (Fsp3) is 0.188. The summed E-state index contributed by atoms with van der Waals surface area (Å²) >= 11 is 0. The predicted octanol–water partition coefficient (Wildman–Crippen LogP) is 2.77. The van der Waals surface area contributed by atoms with Gasteiger partial charge in [0.25, 0.3) is 0 Å². The van der Waals surface area contributed by atoms with Gasteiger partial charge in [-0.2, -0.15) is 0 Å². The number of methoxy groups -OCH3 is 1. The summed E-state index contributed by atoms with van der Waals surface area (Å²) in [5, 5.41) is 0. The summed E-state index contributed by atoms with van der Waals surface area (Å²) in [7, 11) is 3.58. The first-order chi connectivity index (χ1) is 9.70. The van der Waals surface area contributed by atoms with E-state index in [1.165, 1.54) is 0 Å². The number of para-hydroxylation sites is 2. The van der Waals surface area contributed by atoms with E-state index < -0.39 is 0 Å². The van der Waals surface area contributed by atoms with Gasteiger partial charge in [-0.25, -0.2) is 4.99 Å². The summed E-state index contributed by atoms with van der Waals surface area (Å²) in [6.07, 6.45) is 0. The van der Waals surface area contributed by atoms with E-state index in [4.69, 9.17) is 10.5 Å². The molecule has 4 heteroatoms. The predicted molar refractivity (Wildman–Crippen MR) is 82.2 cm³/mol. The van der Waals surface area contributed by atoms with E-state index in [-0.39, 0.29) is 0 Å². The fourth-order valence-corrected chi connectivity index (χ4v) is 1.89. The number of hydrogen-bond donors (Lipinski definition) is 1. The maximum Gasteiger partial charge on any atom is 0.196 e. The third-order valence-electron chi connectivity index (χ3n) is 2.99. The van der Waals surface area contributed by atoms with E-state index >= 15 is 0 Å². The van der Waals surface area contributed by atoms with Crippen LogP contribution >= 0.6 is 0 Å². The van der Waals surface area contributed by atoms with Gasteiger partial charge in [-0.3, -0.25) is 0 Å². The van der Waals surface area contributed by atoms with Crippen LogP contribution in [0.2, 0.25) is 0 Å². The molecule has 0 saturated heterocycles. The van der Waals surface area contributed by atoms with Gasteiger partial charge in [0.1, 0.15) is 5.75 Å². The van der Waals surface area contributed by atoms with E-state index in [0.717, 1.165) is 17.0 Å². The van der Waals surface area contributed by atoms with Crippen LogP contribution in [0.3, 0.4) is 0 Å². The average molecular weight is 269 g/mol. The Morgan fingerprint density at radius 3 is 2.45 bits per heavy atom. The molecule has 2 N–H and O–H groups in total. The van der Waals surface area contributed by atoms with Gasteiger partial charge < -0.3 is 15.4 Å². The van der Waals surface area contributed by atoms with E-state index in [1.807, 2.05) is 66.5 Å². The largest absolute Gasteiger partial charge is 0.496 e. The van der Waals surface area contributed by atoms with E-state index in [0.29, 0.717) is 12.5 Å². The van der Waals surface area contributed by atoms with Gasteiger partial charge in [-0.15, -0.1) is 0 Å². The second kappa shape index (κ2) is 6.61. The summed E-state index contributed by atoms with van der Waals surface area (Å²) < 4.78 is 5.34. The monoisotopic (exact) mass is 269 g/mol. The molecule has 0 aliphatic heterocycles. The van der Waals surface area contributed by atoms with Gasteiger partial charge in [-0.1, -0.05) is 36.4 Å². The molecule has 0 spiro atoms. The van der Waals surface area contributed by atoms with Crippen LogP contribution in [0.5, 0.6) is 5.75 Å². The second-order valence-electron chi connectivity index (χ2n) is 4.47. The lowest BCUT2D eigenvalue weighted by molar-refractivity contribution is 0.398. The van der Waals surface area contributed by atoms with Crippen LogP contribution < -0.4 is 10.5 Å². The standard InChI is InChI=1S/C16H19N3O/c1-19(12-13-8-6-7-11-15(13)20-2)16(17)18-14-9-4-3-5-10-14/h3-11H,12H2,1-2H3,(H2,17,18). The zero-order valence-corrected chi connectivity index (χ0v) is 11.8. The highest BCUT2D eigenvalue weighted by Gasteiger charge is 2.07. The molecule has 0 aliphatic rings. The maximum absolute atomic E-state index is 6.02. The molecule has 4 nitrogen and oxygen atoms in total. The van der Waals surface area contributed by atoms with Gasteiger partial charge in [-0.05, 0) is 18.2 Å². The molecule has 0 saturated carbocycles. The van der Waals surface area contributed by atoms with Gasteiger partial charge in [0.2, 0.25) is 0 Å². The van der Waals surface area contributed by atoms with Crippen molar-refractivity contribution in [3.8, 4) is 5.75 Å². The van der Waals surface area contributed by atoms with Crippen molar-refractivity contribution in [3.63, 3.8) is 0 Å². The van der Waals surface area contributed by atoms with Crippen LogP contribution in [0.15, 0.2) is 59.6 Å². The van der Waals surface area contributed by atoms with E-state index in [1.54, 1.807) is 7.11 Å². The van der Waals surface area contributed by atoms with Gasteiger partial charge in [0.05, 0.1) is 12.8 Å². The first-order valence-corrected chi connectivity index (χ1v) is 6.43. The zero-order chi connectivity index (χ0) is 14.4. The molecule has 20 heavy (non-hydrogen) atoms. The number of nitrogens with zero attached hydrogens (tertiary/aromatic N) is 2. The van der Waals surface area contributed by atoms with Crippen molar-refractivity contribution in [2.45, 2.75) is 6.54 Å². The Hall–Kier alpha value is -2.49. The van der Waals surface area contributed by atoms with Crippen LogP contribution in [0.4, 0.5) is 5.69 Å². The lowest BCUT2D eigenvalue weighted by Crippen LogP contribution is -2.33. The van der Waals surface area contributed by atoms with Gasteiger partial charge in [0.15, 0.2) is 5.96 Å². The first-order valence-electron chi connectivity index (χ1n) is 6.43. The average Bonchev–Trinajstić information content (AvgIpc) is 2.48. The number of aliphatic imine (C=N–C) groups is 1. The Morgan fingerprint density at radius 2 is 1.75 bits per heavy atom. The van der Waals surface area contributed by atoms with Crippen molar-refractivity contribution in [1.29, 1.82) is 0 Å². The first kappa shape index (κ1) is 13.9. The minimum atomic E-state index is 0.474. The number of ether oxygens (including phenoxy) is 1. The fourth-order valence-electron chi connectivity index (χ4n) is 1.89. The third kappa shape index (κ3) is 3.51. The van der Waals surface area contributed by atoms with Crippen molar-refractivity contribution >= 4 is 11.6 Å². The number of nitrogens with two attached hydrogens (primary N) is 1. The molecular weight excluding hydrogens is 250 g/mol. The van der Waals surface area contributed by atoms with Gasteiger partial charge >= 0.3 is 0 Å². The SMILES string of the molecule is COc1ccccc1CN(C)C(N)=Nc1ccccc1. The lowest BCUT2D eigenvalue weighted by atomic mass is 10.2. The highest BCUT2D eigenvalue weighted by molar-refractivity contribution is 5.80. The van der Waals surface area contributed by atoms with Crippen molar-refractivity contribution in [3.05, 3.63) is 60.2 Å². The molecule has 104 valence electrons. The molecule has 0 heterocycles. The Bertz CT molecular complexity index is 581. The minimum Gasteiger partial charge on any atom is -0.496 e. The molecule has 2 aromatic rings. The second-order valence-corrected chi connectivity index (χ2v) is 4.47. The molecule has 0 atom stereocenters. The van der Waals surface area contributed by atoms with Crippen molar-refractivity contribution in [1.82, 2.24) is 4.90 Å². The molecule has 2 rings (SSSR count). The number of rotatable bonds is 4. The Balaban J connectivity index is 2.11. The summed E-state index contributed by atoms with van der Waals surface area (Å²) in [4.78, 5) is 6.28. The number of guanidine groups is 1. The van der Waals surface area contributed by atoms with Crippen molar-refractivity contribution in [2.24, 2.45) is 10.7 Å². The van der Waals surface area contributed by atoms with E-state index in [2.05, 4.69) is 4.99 Å². The van der Waals surface area contributed by atoms with Crippen LogP contribution in [-0.2, 0) is 6.54 Å². The quantitative estimate of drug-likeness (QED) is 0.686. The molecule has 2 aromatic carbocycles. The highest BCUT2D eigenvalue weighted by atomic mass is 16.5. The van der Waals surface area contributed by atoms with Gasteiger partial charge in [0, 0.05) is 19.2 Å². The zero-order valence-electron chi connectivity index (χ0n) is 11.8. The third-order valence-corrected chi connectivity index (χ3v) is 2.99. The molecule has 0 bridgehead atoms. The normalized spacial score (nSPS) is 11.2. The van der Waals surface area contributed by atoms with E-state index in [9.17, 15) is 0 Å². The number of benzene rings is 2. The van der Waals surface area contributed by atoms with Crippen LogP contribution in [0.1, 0.15) is 5.56 Å². The lowest BCUT2D eigenvalue weighted by Gasteiger charge is -2.19. The van der Waals surface area contributed by atoms with Crippen molar-refractivity contribution in [2.75, 3.05) is 14.2 Å². The molecule has 0 fully saturated rings. The summed E-state index contributed by atoms with van der Waals surface area (Å²) in [6, 6.07) is 17.6. The number of hydrogen-bond acceptors (Lipinski definition) is 2.